The fraction of sp³-hybridized carbons (Fsp3) is 0.480. The Labute approximate surface area is 224 Å². The van der Waals surface area contributed by atoms with Crippen LogP contribution in [0.25, 0.3) is 33.1 Å². The molecule has 3 N–H and O–H groups in total. The van der Waals surface area contributed by atoms with Crippen LogP contribution in [0, 0.1) is 0 Å². The maximum absolute atomic E-state index is 13.9. The van der Waals surface area contributed by atoms with E-state index in [0.717, 1.165) is 52.2 Å². The number of pyridine rings is 1. The summed E-state index contributed by atoms with van der Waals surface area (Å²) in [4.78, 5) is 6.96. The second kappa shape index (κ2) is 10.1. The number of hydrogen-bond donors (Lipinski definition) is 3. The maximum atomic E-state index is 13.9. The van der Waals surface area contributed by atoms with E-state index in [2.05, 4.69) is 30.0 Å². The van der Waals surface area contributed by atoms with Gasteiger partial charge in [0.25, 0.3) is 0 Å². The minimum absolute atomic E-state index is 0.0809. The third kappa shape index (κ3) is 5.08. The second-order valence-corrected chi connectivity index (χ2v) is 12.2. The van der Waals surface area contributed by atoms with Gasteiger partial charge in [-0.15, -0.1) is 0 Å². The zero-order chi connectivity index (χ0) is 28.1. The number of fused-ring (bicyclic) bond motifs is 5. The monoisotopic (exact) mass is 564 g/mol. The molecule has 10 nitrogen and oxygen atoms in total. The van der Waals surface area contributed by atoms with Crippen molar-refractivity contribution in [2.45, 2.75) is 44.7 Å². The first-order chi connectivity index (χ1) is 18.4. The maximum Gasteiger partial charge on any atom is 0.435 e. The van der Waals surface area contributed by atoms with Crippen molar-refractivity contribution < 1.29 is 21.6 Å². The molecule has 0 unspecified atom stereocenters. The lowest BCUT2D eigenvalue weighted by Crippen LogP contribution is -2.29. The molecule has 3 heterocycles. The molecule has 3 aromatic heterocycles. The third-order valence-corrected chi connectivity index (χ3v) is 8.52. The predicted molar refractivity (Wildman–Crippen MR) is 144 cm³/mol. The zero-order valence-electron chi connectivity index (χ0n) is 22.2. The second-order valence-electron chi connectivity index (χ2n) is 10.3. The standard InChI is InChI=1S/C25H31F3N8O2S/c1-35(2)11-7-8-14-12-18-20(24(33-31-18)34-39(37,38)36(3)4)19-15-9-5-6-10-16(15)22(30-21(14)19)17-13-29-32-23(17)25(26,27)28/h12-13H,5-11H2,1-4H3,(H,29,32)(H2,31,33,34). The number of nitrogens with one attached hydrogen (secondary N) is 3. The van der Waals surface area contributed by atoms with Gasteiger partial charge in [-0.25, -0.2) is 4.98 Å². The fourth-order valence-electron chi connectivity index (χ4n) is 5.25. The number of benzene rings is 1. The van der Waals surface area contributed by atoms with Crippen LogP contribution in [0.15, 0.2) is 12.3 Å². The fourth-order valence-corrected chi connectivity index (χ4v) is 5.83. The summed E-state index contributed by atoms with van der Waals surface area (Å²) >= 11 is 0. The van der Waals surface area contributed by atoms with Crippen LogP contribution in [-0.4, -0.2) is 77.7 Å². The summed E-state index contributed by atoms with van der Waals surface area (Å²) in [6.07, 6.45) is 0.885. The van der Waals surface area contributed by atoms with Gasteiger partial charge in [0.2, 0.25) is 0 Å². The van der Waals surface area contributed by atoms with Crippen LogP contribution < -0.4 is 4.72 Å². The van der Waals surface area contributed by atoms with Gasteiger partial charge in [0.1, 0.15) is 0 Å². The van der Waals surface area contributed by atoms with Gasteiger partial charge in [-0.3, -0.25) is 14.9 Å². The molecular formula is C25H31F3N8O2S. The summed E-state index contributed by atoms with van der Waals surface area (Å²) in [5, 5.41) is 14.4. The molecule has 0 saturated heterocycles. The van der Waals surface area contributed by atoms with Crippen molar-refractivity contribution in [3.8, 4) is 11.3 Å². The number of halogens is 3. The van der Waals surface area contributed by atoms with E-state index in [1.807, 2.05) is 20.2 Å². The van der Waals surface area contributed by atoms with Gasteiger partial charge in [-0.1, -0.05) is 0 Å². The summed E-state index contributed by atoms with van der Waals surface area (Å²) in [6.45, 7) is 0.814. The van der Waals surface area contributed by atoms with E-state index in [1.165, 1.54) is 20.3 Å². The largest absolute Gasteiger partial charge is 0.435 e. The first-order valence-electron chi connectivity index (χ1n) is 12.7. The van der Waals surface area contributed by atoms with Crippen LogP contribution >= 0.6 is 0 Å². The molecule has 210 valence electrons. The smallest absolute Gasteiger partial charge is 0.309 e. The van der Waals surface area contributed by atoms with Gasteiger partial charge in [-0.2, -0.15) is 36.1 Å². The van der Waals surface area contributed by atoms with Crippen molar-refractivity contribution in [3.63, 3.8) is 0 Å². The minimum Gasteiger partial charge on any atom is -0.309 e. The van der Waals surface area contributed by atoms with Crippen molar-refractivity contribution in [1.82, 2.24) is 34.6 Å². The molecule has 1 aromatic carbocycles. The van der Waals surface area contributed by atoms with Crippen LogP contribution in [0.3, 0.4) is 0 Å². The molecule has 0 aliphatic heterocycles. The van der Waals surface area contributed by atoms with E-state index < -0.39 is 22.1 Å². The van der Waals surface area contributed by atoms with E-state index in [0.29, 0.717) is 35.7 Å². The van der Waals surface area contributed by atoms with Crippen LogP contribution in [0.4, 0.5) is 19.0 Å². The lowest BCUT2D eigenvalue weighted by molar-refractivity contribution is -0.140. The molecule has 0 radical (unpaired) electrons. The molecule has 1 aliphatic rings. The lowest BCUT2D eigenvalue weighted by atomic mass is 9.84. The Balaban J connectivity index is 1.83. The molecular weight excluding hydrogens is 533 g/mol. The summed E-state index contributed by atoms with van der Waals surface area (Å²) in [5.74, 6) is 0.130. The van der Waals surface area contributed by atoms with E-state index in [1.54, 1.807) is 0 Å². The van der Waals surface area contributed by atoms with Gasteiger partial charge in [0, 0.05) is 25.7 Å². The molecule has 0 amide bonds. The van der Waals surface area contributed by atoms with E-state index in [4.69, 9.17) is 4.98 Å². The highest BCUT2D eigenvalue weighted by molar-refractivity contribution is 7.90. The first kappa shape index (κ1) is 27.3. The predicted octanol–water partition coefficient (Wildman–Crippen LogP) is 4.11. The number of aromatic nitrogens is 5. The Bertz CT molecular complexity index is 1640. The minimum atomic E-state index is -4.64. The number of anilines is 1. The van der Waals surface area contributed by atoms with Crippen molar-refractivity contribution >= 4 is 37.8 Å². The molecule has 14 heteroatoms. The Hall–Kier alpha value is -3.23. The van der Waals surface area contributed by atoms with E-state index in [9.17, 15) is 21.6 Å². The molecule has 0 spiro atoms. The van der Waals surface area contributed by atoms with Crippen LogP contribution in [0.2, 0.25) is 0 Å². The molecule has 1 aliphatic carbocycles. The first-order valence-corrected chi connectivity index (χ1v) is 14.1. The van der Waals surface area contributed by atoms with Crippen LogP contribution in [0.5, 0.6) is 0 Å². The lowest BCUT2D eigenvalue weighted by Gasteiger charge is -2.23. The number of aryl methyl sites for hydroxylation is 2. The zero-order valence-corrected chi connectivity index (χ0v) is 23.0. The topological polar surface area (TPSA) is 123 Å². The normalized spacial score (nSPS) is 14.6. The Morgan fingerprint density at radius 3 is 2.44 bits per heavy atom. The Kier molecular flexibility index (Phi) is 7.06. The average molecular weight is 565 g/mol. The number of nitrogens with zero attached hydrogens (tertiary/aromatic N) is 5. The molecule has 0 bridgehead atoms. The van der Waals surface area contributed by atoms with Crippen molar-refractivity contribution in [2.75, 3.05) is 39.5 Å². The van der Waals surface area contributed by atoms with Gasteiger partial charge < -0.3 is 4.90 Å². The summed E-state index contributed by atoms with van der Waals surface area (Å²) in [7, 11) is 2.91. The number of hydrogen-bond acceptors (Lipinski definition) is 6. The van der Waals surface area contributed by atoms with Crippen molar-refractivity contribution in [1.29, 1.82) is 0 Å². The van der Waals surface area contributed by atoms with E-state index in [-0.39, 0.29) is 17.1 Å². The van der Waals surface area contributed by atoms with Crippen molar-refractivity contribution in [3.05, 3.63) is 34.6 Å². The van der Waals surface area contributed by atoms with Gasteiger partial charge in [0.05, 0.1) is 27.7 Å². The van der Waals surface area contributed by atoms with Gasteiger partial charge in [0.15, 0.2) is 11.5 Å². The SMILES string of the molecule is CN(C)CCCc1cc2[nH]nc(NS(=O)(=O)N(C)C)c2c2c3c(c(-c4c[nH]nc4C(F)(F)F)nc12)CCCC3. The van der Waals surface area contributed by atoms with Crippen LogP contribution in [-0.2, 0) is 35.6 Å². The van der Waals surface area contributed by atoms with Gasteiger partial charge >= 0.3 is 16.4 Å². The molecule has 4 aromatic rings. The quantitative estimate of drug-likeness (QED) is 0.296. The highest BCUT2D eigenvalue weighted by Crippen LogP contribution is 2.43. The molecule has 0 saturated carbocycles. The summed E-state index contributed by atoms with van der Waals surface area (Å²) < 4.78 is 70.6. The summed E-state index contributed by atoms with van der Waals surface area (Å²) in [5.41, 5.74) is 2.85. The molecule has 0 fully saturated rings. The highest BCUT2D eigenvalue weighted by Gasteiger charge is 2.38. The molecule has 0 atom stereocenters. The molecule has 39 heavy (non-hydrogen) atoms. The van der Waals surface area contributed by atoms with Crippen LogP contribution in [0.1, 0.15) is 41.6 Å². The number of H-pyrrole nitrogens is 2. The number of aromatic amines is 2. The third-order valence-electron chi connectivity index (χ3n) is 7.10. The average Bonchev–Trinajstić information content (AvgIpc) is 3.50. The van der Waals surface area contributed by atoms with Crippen molar-refractivity contribution in [2.24, 2.45) is 0 Å². The Morgan fingerprint density at radius 1 is 1.05 bits per heavy atom. The Morgan fingerprint density at radius 2 is 1.77 bits per heavy atom. The molecule has 5 rings (SSSR count). The highest BCUT2D eigenvalue weighted by atomic mass is 32.2. The van der Waals surface area contributed by atoms with E-state index >= 15 is 0 Å². The number of alkyl halides is 3. The summed E-state index contributed by atoms with van der Waals surface area (Å²) in [6, 6.07) is 1.87. The number of rotatable bonds is 8. The van der Waals surface area contributed by atoms with Gasteiger partial charge in [-0.05, 0) is 81.9 Å².